The maximum atomic E-state index is 9.86. The van der Waals surface area contributed by atoms with E-state index in [2.05, 4.69) is 17.2 Å². The van der Waals surface area contributed by atoms with Crippen molar-refractivity contribution < 1.29 is 5.11 Å². The fourth-order valence-electron chi connectivity index (χ4n) is 2.00. The average Bonchev–Trinajstić information content (AvgIpc) is 2.42. The Morgan fingerprint density at radius 3 is 2.72 bits per heavy atom. The molecule has 3 nitrogen and oxygen atoms in total. The third-order valence-electron chi connectivity index (χ3n) is 3.00. The minimum absolute atomic E-state index is 0.159. The highest BCUT2D eigenvalue weighted by molar-refractivity contribution is 5.34. The lowest BCUT2D eigenvalue weighted by atomic mass is 10.0. The van der Waals surface area contributed by atoms with E-state index in [1.54, 1.807) is 12.3 Å². The Bertz CT molecular complexity index is 485. The van der Waals surface area contributed by atoms with E-state index in [0.717, 1.165) is 24.1 Å². The fraction of sp³-hybridized carbons (Fsp3) is 0.267. The van der Waals surface area contributed by atoms with Gasteiger partial charge in [-0.3, -0.25) is 4.98 Å². The lowest BCUT2D eigenvalue weighted by molar-refractivity contribution is 0.440. The summed E-state index contributed by atoms with van der Waals surface area (Å²) in [7, 11) is 0. The van der Waals surface area contributed by atoms with E-state index in [4.69, 9.17) is 0 Å². The number of aromatic nitrogens is 1. The molecule has 1 atom stereocenters. The van der Waals surface area contributed by atoms with Crippen molar-refractivity contribution in [3.05, 3.63) is 59.9 Å². The van der Waals surface area contributed by atoms with Crippen LogP contribution in [0.4, 0.5) is 0 Å². The van der Waals surface area contributed by atoms with Crippen molar-refractivity contribution >= 4 is 0 Å². The lowest BCUT2D eigenvalue weighted by Gasteiger charge is -2.18. The van der Waals surface area contributed by atoms with Crippen LogP contribution in [-0.4, -0.2) is 10.1 Å². The first-order valence-corrected chi connectivity index (χ1v) is 6.21. The number of phenolic OH excluding ortho intramolecular Hbond substituents is 1. The summed E-state index contributed by atoms with van der Waals surface area (Å²) in [6.07, 6.45) is 4.55. The molecule has 0 bridgehead atoms. The summed E-state index contributed by atoms with van der Waals surface area (Å²) in [5.41, 5.74) is 2.09. The predicted octanol–water partition coefficient (Wildman–Crippen LogP) is 3.03. The summed E-state index contributed by atoms with van der Waals surface area (Å²) >= 11 is 0. The molecule has 0 radical (unpaired) electrons. The molecule has 3 heteroatoms. The number of hydrogen-bond donors (Lipinski definition) is 2. The van der Waals surface area contributed by atoms with Gasteiger partial charge in [0.15, 0.2) is 0 Å². The van der Waals surface area contributed by atoms with E-state index in [1.165, 1.54) is 0 Å². The molecule has 1 aromatic carbocycles. The van der Waals surface area contributed by atoms with Crippen molar-refractivity contribution in [1.82, 2.24) is 10.3 Å². The van der Waals surface area contributed by atoms with E-state index < -0.39 is 0 Å². The van der Waals surface area contributed by atoms with Crippen molar-refractivity contribution in [3.63, 3.8) is 0 Å². The first-order valence-electron chi connectivity index (χ1n) is 6.21. The third-order valence-corrected chi connectivity index (χ3v) is 3.00. The highest BCUT2D eigenvalue weighted by Gasteiger charge is 2.12. The molecule has 0 fully saturated rings. The summed E-state index contributed by atoms with van der Waals surface area (Å²) in [4.78, 5) is 4.09. The Morgan fingerprint density at radius 2 is 2.06 bits per heavy atom. The molecular weight excluding hydrogens is 224 g/mol. The summed E-state index contributed by atoms with van der Waals surface area (Å²) in [6, 6.07) is 11.6. The smallest absolute Gasteiger partial charge is 0.120 e. The first kappa shape index (κ1) is 12.6. The van der Waals surface area contributed by atoms with Crippen LogP contribution in [-0.2, 0) is 6.54 Å². The second kappa shape index (κ2) is 6.17. The predicted molar refractivity (Wildman–Crippen MR) is 72.2 cm³/mol. The number of nitrogens with zero attached hydrogens (tertiary/aromatic N) is 1. The maximum absolute atomic E-state index is 9.86. The minimum Gasteiger partial charge on any atom is -0.508 e. The van der Waals surface area contributed by atoms with Crippen molar-refractivity contribution in [3.8, 4) is 5.75 Å². The largest absolute Gasteiger partial charge is 0.508 e. The van der Waals surface area contributed by atoms with Crippen LogP contribution in [0.1, 0.15) is 30.5 Å². The molecule has 0 saturated carbocycles. The zero-order valence-electron chi connectivity index (χ0n) is 10.5. The Morgan fingerprint density at radius 1 is 1.22 bits per heavy atom. The molecule has 1 unspecified atom stereocenters. The van der Waals surface area contributed by atoms with E-state index in [9.17, 15) is 5.11 Å². The highest BCUT2D eigenvalue weighted by atomic mass is 16.3. The second-order valence-electron chi connectivity index (χ2n) is 4.26. The van der Waals surface area contributed by atoms with Crippen LogP contribution in [0.3, 0.4) is 0 Å². The van der Waals surface area contributed by atoms with Gasteiger partial charge in [-0.1, -0.05) is 31.2 Å². The van der Waals surface area contributed by atoms with Gasteiger partial charge in [0.05, 0.1) is 0 Å². The third kappa shape index (κ3) is 3.08. The fourth-order valence-corrected chi connectivity index (χ4v) is 2.00. The molecule has 0 aliphatic heterocycles. The Hall–Kier alpha value is -1.87. The van der Waals surface area contributed by atoms with Gasteiger partial charge in [0.2, 0.25) is 0 Å². The molecule has 0 aliphatic rings. The molecule has 2 N–H and O–H groups in total. The Balaban J connectivity index is 2.04. The SMILES string of the molecule is CCC(NCc1cccnc1)c1ccccc1O. The highest BCUT2D eigenvalue weighted by Crippen LogP contribution is 2.25. The van der Waals surface area contributed by atoms with Gasteiger partial charge in [-0.05, 0) is 24.1 Å². The average molecular weight is 242 g/mol. The van der Waals surface area contributed by atoms with Crippen molar-refractivity contribution in [2.24, 2.45) is 0 Å². The van der Waals surface area contributed by atoms with Gasteiger partial charge in [-0.25, -0.2) is 0 Å². The van der Waals surface area contributed by atoms with E-state index in [0.29, 0.717) is 5.75 Å². The van der Waals surface area contributed by atoms with Crippen molar-refractivity contribution in [1.29, 1.82) is 0 Å². The summed E-state index contributed by atoms with van der Waals surface area (Å²) in [5, 5.41) is 13.3. The van der Waals surface area contributed by atoms with E-state index >= 15 is 0 Å². The number of nitrogens with one attached hydrogen (secondary N) is 1. The maximum Gasteiger partial charge on any atom is 0.120 e. The van der Waals surface area contributed by atoms with Crippen LogP contribution in [0, 0.1) is 0 Å². The number of hydrogen-bond acceptors (Lipinski definition) is 3. The summed E-state index contributed by atoms with van der Waals surface area (Å²) in [5.74, 6) is 0.350. The van der Waals surface area contributed by atoms with Crippen molar-refractivity contribution in [2.45, 2.75) is 25.9 Å². The van der Waals surface area contributed by atoms with Crippen LogP contribution >= 0.6 is 0 Å². The Kier molecular flexibility index (Phi) is 4.31. The number of benzene rings is 1. The van der Waals surface area contributed by atoms with Gasteiger partial charge >= 0.3 is 0 Å². The molecule has 1 aromatic heterocycles. The van der Waals surface area contributed by atoms with E-state index in [-0.39, 0.29) is 6.04 Å². The number of phenols is 1. The van der Waals surface area contributed by atoms with Gasteiger partial charge < -0.3 is 10.4 Å². The zero-order chi connectivity index (χ0) is 12.8. The van der Waals surface area contributed by atoms with Crippen molar-refractivity contribution in [2.75, 3.05) is 0 Å². The van der Waals surface area contributed by atoms with Crippen LogP contribution < -0.4 is 5.32 Å². The van der Waals surface area contributed by atoms with Crippen LogP contribution in [0.2, 0.25) is 0 Å². The lowest BCUT2D eigenvalue weighted by Crippen LogP contribution is -2.20. The Labute approximate surface area is 108 Å². The second-order valence-corrected chi connectivity index (χ2v) is 4.26. The number of rotatable bonds is 5. The molecular formula is C15H18N2O. The topological polar surface area (TPSA) is 45.2 Å². The minimum atomic E-state index is 0.159. The van der Waals surface area contributed by atoms with E-state index in [1.807, 2.05) is 36.5 Å². The van der Waals surface area contributed by atoms with Gasteiger partial charge in [-0.15, -0.1) is 0 Å². The molecule has 0 aliphatic carbocycles. The standard InChI is InChI=1S/C15H18N2O/c1-2-14(13-7-3-4-8-15(13)18)17-11-12-6-5-9-16-10-12/h3-10,14,17-18H,2,11H2,1H3. The van der Waals surface area contributed by atoms with Crippen LogP contribution in [0.25, 0.3) is 0 Å². The number of aromatic hydroxyl groups is 1. The zero-order valence-corrected chi connectivity index (χ0v) is 10.5. The first-order chi connectivity index (χ1) is 8.81. The van der Waals surface area contributed by atoms with Crippen LogP contribution in [0.5, 0.6) is 5.75 Å². The van der Waals surface area contributed by atoms with Gasteiger partial charge in [0.1, 0.15) is 5.75 Å². The quantitative estimate of drug-likeness (QED) is 0.847. The summed E-state index contributed by atoms with van der Waals surface area (Å²) in [6.45, 7) is 2.86. The molecule has 0 saturated heterocycles. The number of para-hydroxylation sites is 1. The number of pyridine rings is 1. The van der Waals surface area contributed by atoms with Gasteiger partial charge in [-0.2, -0.15) is 0 Å². The normalized spacial score (nSPS) is 12.3. The van der Waals surface area contributed by atoms with Crippen LogP contribution in [0.15, 0.2) is 48.8 Å². The van der Waals surface area contributed by atoms with Gasteiger partial charge in [0, 0.05) is 30.5 Å². The molecule has 1 heterocycles. The molecule has 2 aromatic rings. The monoisotopic (exact) mass is 242 g/mol. The molecule has 18 heavy (non-hydrogen) atoms. The molecule has 2 rings (SSSR count). The molecule has 0 amide bonds. The summed E-state index contributed by atoms with van der Waals surface area (Å²) < 4.78 is 0. The van der Waals surface area contributed by atoms with Gasteiger partial charge in [0.25, 0.3) is 0 Å². The molecule has 0 spiro atoms. The molecule has 94 valence electrons.